The van der Waals surface area contributed by atoms with Crippen molar-refractivity contribution in [1.29, 1.82) is 0 Å². The van der Waals surface area contributed by atoms with Gasteiger partial charge in [0.15, 0.2) is 0 Å². The van der Waals surface area contributed by atoms with Gasteiger partial charge in [0.25, 0.3) is 0 Å². The first-order valence-corrected chi connectivity index (χ1v) is 10.1. The maximum atomic E-state index is 12.4. The molecule has 1 N–H and O–H groups in total. The molecule has 1 amide bonds. The van der Waals surface area contributed by atoms with Gasteiger partial charge in [-0.2, -0.15) is 5.10 Å². The van der Waals surface area contributed by atoms with E-state index in [1.165, 1.54) is 11.1 Å². The summed E-state index contributed by atoms with van der Waals surface area (Å²) < 4.78 is 5.20. The number of hydrogen-bond acceptors (Lipinski definition) is 5. The Bertz CT molecular complexity index is 864. The minimum absolute atomic E-state index is 0.0310. The van der Waals surface area contributed by atoms with Gasteiger partial charge in [0.1, 0.15) is 24.0 Å². The molecule has 27 heavy (non-hydrogen) atoms. The number of carbonyl (C=O) groups is 1. The second-order valence-electron chi connectivity index (χ2n) is 7.41. The molecule has 0 radical (unpaired) electrons. The second-order valence-corrected chi connectivity index (χ2v) is 7.41. The lowest BCUT2D eigenvalue weighted by atomic mass is 10.2. The van der Waals surface area contributed by atoms with Crippen LogP contribution in [0.1, 0.15) is 56.0 Å². The summed E-state index contributed by atoms with van der Waals surface area (Å²) in [4.78, 5) is 24.7. The molecule has 0 bridgehead atoms. The molecular formula is C18H27N7O2. The molecule has 2 aromatic rings. The van der Waals surface area contributed by atoms with E-state index in [9.17, 15) is 9.59 Å². The van der Waals surface area contributed by atoms with Crippen LogP contribution in [0.25, 0.3) is 0 Å². The van der Waals surface area contributed by atoms with Gasteiger partial charge in [-0.15, -0.1) is 10.2 Å². The van der Waals surface area contributed by atoms with E-state index in [1.54, 1.807) is 4.57 Å². The van der Waals surface area contributed by atoms with Crippen LogP contribution in [-0.4, -0.2) is 41.6 Å². The zero-order valence-electron chi connectivity index (χ0n) is 15.7. The summed E-state index contributed by atoms with van der Waals surface area (Å²) in [5.74, 6) is 2.59. The molecule has 0 unspecified atom stereocenters. The first-order valence-electron chi connectivity index (χ1n) is 10.1. The molecule has 0 aromatic carbocycles. The van der Waals surface area contributed by atoms with Crippen molar-refractivity contribution in [3.8, 4) is 0 Å². The Morgan fingerprint density at radius 2 is 1.67 bits per heavy atom. The monoisotopic (exact) mass is 373 g/mol. The number of amides is 1. The van der Waals surface area contributed by atoms with Gasteiger partial charge in [0, 0.05) is 38.9 Å². The van der Waals surface area contributed by atoms with Gasteiger partial charge in [-0.1, -0.05) is 12.8 Å². The first kappa shape index (κ1) is 17.9. The Balaban J connectivity index is 1.32. The Labute approximate surface area is 157 Å². The van der Waals surface area contributed by atoms with E-state index in [4.69, 9.17) is 0 Å². The van der Waals surface area contributed by atoms with Crippen molar-refractivity contribution in [2.75, 3.05) is 6.54 Å². The molecule has 4 heterocycles. The van der Waals surface area contributed by atoms with Crippen LogP contribution in [0.15, 0.2) is 4.79 Å². The van der Waals surface area contributed by atoms with Crippen LogP contribution < -0.4 is 11.0 Å². The van der Waals surface area contributed by atoms with Gasteiger partial charge < -0.3 is 9.88 Å². The zero-order chi connectivity index (χ0) is 18.6. The van der Waals surface area contributed by atoms with Crippen LogP contribution in [0.5, 0.6) is 0 Å². The molecule has 4 rings (SSSR count). The second kappa shape index (κ2) is 8.06. The molecule has 2 aromatic heterocycles. The Morgan fingerprint density at radius 3 is 2.48 bits per heavy atom. The topological polar surface area (TPSA) is 99.6 Å². The maximum Gasteiger partial charge on any atom is 0.346 e. The summed E-state index contributed by atoms with van der Waals surface area (Å²) >= 11 is 0. The lowest BCUT2D eigenvalue weighted by Crippen LogP contribution is -2.34. The number of nitrogens with one attached hydrogen (secondary N) is 1. The summed E-state index contributed by atoms with van der Waals surface area (Å²) in [5.41, 5.74) is -0.176. The lowest BCUT2D eigenvalue weighted by Gasteiger charge is -2.08. The molecule has 0 aliphatic carbocycles. The summed E-state index contributed by atoms with van der Waals surface area (Å²) in [7, 11) is 0. The van der Waals surface area contributed by atoms with E-state index in [1.807, 2.05) is 0 Å². The number of carbonyl (C=O) groups excluding carboxylic acids is 1. The van der Waals surface area contributed by atoms with Crippen LogP contribution in [-0.2, 0) is 43.7 Å². The minimum Gasteiger partial charge on any atom is -0.354 e. The summed E-state index contributed by atoms with van der Waals surface area (Å²) in [5, 5.41) is 15.8. The third kappa shape index (κ3) is 3.96. The van der Waals surface area contributed by atoms with Crippen LogP contribution in [0.3, 0.4) is 0 Å². The fraction of sp³-hybridized carbons (Fsp3) is 0.722. The van der Waals surface area contributed by atoms with Crippen molar-refractivity contribution < 1.29 is 4.79 Å². The predicted molar refractivity (Wildman–Crippen MR) is 98.3 cm³/mol. The molecule has 9 nitrogen and oxygen atoms in total. The highest BCUT2D eigenvalue weighted by atomic mass is 16.2. The van der Waals surface area contributed by atoms with Crippen molar-refractivity contribution in [1.82, 2.24) is 34.4 Å². The normalized spacial score (nSPS) is 16.9. The van der Waals surface area contributed by atoms with Gasteiger partial charge in [-0.05, 0) is 25.7 Å². The van der Waals surface area contributed by atoms with Crippen molar-refractivity contribution in [3.05, 3.63) is 28.0 Å². The molecule has 0 saturated heterocycles. The van der Waals surface area contributed by atoms with Gasteiger partial charge in [0.05, 0.1) is 0 Å². The van der Waals surface area contributed by atoms with Crippen molar-refractivity contribution in [2.24, 2.45) is 0 Å². The number of hydrogen-bond donors (Lipinski definition) is 1. The fourth-order valence-corrected chi connectivity index (χ4v) is 3.96. The summed E-state index contributed by atoms with van der Waals surface area (Å²) in [6.45, 7) is 2.12. The third-order valence-corrected chi connectivity index (χ3v) is 5.43. The molecule has 2 aliphatic heterocycles. The van der Waals surface area contributed by atoms with E-state index in [-0.39, 0.29) is 18.1 Å². The highest BCUT2D eigenvalue weighted by molar-refractivity contribution is 5.75. The number of aryl methyl sites for hydroxylation is 2. The summed E-state index contributed by atoms with van der Waals surface area (Å²) in [6, 6.07) is 0. The van der Waals surface area contributed by atoms with E-state index < -0.39 is 0 Å². The number of aromatic nitrogens is 6. The molecule has 2 aliphatic rings. The standard InChI is InChI=1S/C18H27N7O2/c26-17(13-25-18(27)24-12-6-2-4-8-16(24)22-25)19-10-9-15-21-20-14-7-3-1-5-11-23(14)15/h1-13H2,(H,19,26). The lowest BCUT2D eigenvalue weighted by molar-refractivity contribution is -0.121. The Morgan fingerprint density at radius 1 is 0.926 bits per heavy atom. The minimum atomic E-state index is -0.194. The maximum absolute atomic E-state index is 12.4. The smallest absolute Gasteiger partial charge is 0.346 e. The average Bonchev–Trinajstić information content (AvgIpc) is 2.96. The average molecular weight is 373 g/mol. The van der Waals surface area contributed by atoms with Gasteiger partial charge >= 0.3 is 5.69 Å². The highest BCUT2D eigenvalue weighted by Crippen LogP contribution is 2.14. The van der Waals surface area contributed by atoms with Gasteiger partial charge in [0.2, 0.25) is 5.91 Å². The Kier molecular flexibility index (Phi) is 5.35. The van der Waals surface area contributed by atoms with Crippen LogP contribution in [0, 0.1) is 0 Å². The first-order chi connectivity index (χ1) is 13.2. The fourth-order valence-electron chi connectivity index (χ4n) is 3.96. The van der Waals surface area contributed by atoms with E-state index in [2.05, 4.69) is 25.2 Å². The van der Waals surface area contributed by atoms with Crippen molar-refractivity contribution >= 4 is 5.91 Å². The molecule has 0 spiro atoms. The zero-order valence-corrected chi connectivity index (χ0v) is 15.7. The Hall–Kier alpha value is -2.45. The van der Waals surface area contributed by atoms with Crippen molar-refractivity contribution in [2.45, 2.75) is 77.4 Å². The van der Waals surface area contributed by atoms with Crippen molar-refractivity contribution in [3.63, 3.8) is 0 Å². The van der Waals surface area contributed by atoms with E-state index >= 15 is 0 Å². The number of fused-ring (bicyclic) bond motifs is 2. The van der Waals surface area contributed by atoms with E-state index in [0.717, 1.165) is 69.0 Å². The highest BCUT2D eigenvalue weighted by Gasteiger charge is 2.18. The summed E-state index contributed by atoms with van der Waals surface area (Å²) in [6.07, 6.45) is 9.14. The molecule has 0 fully saturated rings. The molecule has 0 atom stereocenters. The number of rotatable bonds is 5. The molecular weight excluding hydrogens is 346 g/mol. The van der Waals surface area contributed by atoms with Crippen LogP contribution in [0.2, 0.25) is 0 Å². The van der Waals surface area contributed by atoms with Crippen LogP contribution in [0.4, 0.5) is 0 Å². The van der Waals surface area contributed by atoms with Gasteiger partial charge in [-0.3, -0.25) is 9.36 Å². The molecule has 9 heteroatoms. The largest absolute Gasteiger partial charge is 0.354 e. The predicted octanol–water partition coefficient (Wildman–Crippen LogP) is 0.448. The third-order valence-electron chi connectivity index (χ3n) is 5.43. The molecule has 0 saturated carbocycles. The van der Waals surface area contributed by atoms with Gasteiger partial charge in [-0.25, -0.2) is 9.48 Å². The number of nitrogens with zero attached hydrogens (tertiary/aromatic N) is 6. The van der Waals surface area contributed by atoms with E-state index in [0.29, 0.717) is 19.5 Å². The SMILES string of the molecule is O=C(Cn1nc2n(c1=O)CCCCC2)NCCc1nnc2n1CCCCC2. The quantitative estimate of drug-likeness (QED) is 0.820. The molecule has 146 valence electrons. The van der Waals surface area contributed by atoms with Crippen LogP contribution >= 0.6 is 0 Å².